The first kappa shape index (κ1) is 10.8. The highest BCUT2D eigenvalue weighted by atomic mass is 32.1. The molecule has 4 rings (SSSR count). The van der Waals surface area contributed by atoms with Crippen molar-refractivity contribution in [3.8, 4) is 0 Å². The van der Waals surface area contributed by atoms with Crippen molar-refractivity contribution < 1.29 is 0 Å². The van der Waals surface area contributed by atoms with Gasteiger partial charge in [0, 0.05) is 11.1 Å². The van der Waals surface area contributed by atoms with Gasteiger partial charge in [-0.15, -0.1) is 21.5 Å². The van der Waals surface area contributed by atoms with Crippen LogP contribution in [0.4, 0.5) is 0 Å². The molecule has 4 aromatic heterocycles. The van der Waals surface area contributed by atoms with Gasteiger partial charge in [-0.2, -0.15) is 0 Å². The van der Waals surface area contributed by atoms with Gasteiger partial charge in [-0.1, -0.05) is 0 Å². The molecule has 0 spiro atoms. The second-order valence-corrected chi connectivity index (χ2v) is 5.71. The molecule has 0 saturated heterocycles. The maximum atomic E-state index is 4.69. The summed E-state index contributed by atoms with van der Waals surface area (Å²) in [4.78, 5) is 10.3. The summed E-state index contributed by atoms with van der Waals surface area (Å²) in [5.41, 5.74) is 5.39. The van der Waals surface area contributed by atoms with E-state index in [1.54, 1.807) is 24.0 Å². The monoisotopic (exact) mass is 269 g/mol. The topological polar surface area (TPSA) is 56.0 Å². The number of aryl methyl sites for hydroxylation is 2. The molecule has 5 nitrogen and oxygen atoms in total. The Kier molecular flexibility index (Phi) is 1.98. The molecule has 94 valence electrons. The SMILES string of the molecule is Cc1nc2sc3c(ncn4cnnc34)c2c(C)c1C. The van der Waals surface area contributed by atoms with Gasteiger partial charge in [0.15, 0.2) is 5.65 Å². The van der Waals surface area contributed by atoms with Crippen LogP contribution < -0.4 is 0 Å². The van der Waals surface area contributed by atoms with Gasteiger partial charge in [0.2, 0.25) is 0 Å². The van der Waals surface area contributed by atoms with Crippen molar-refractivity contribution in [2.75, 3.05) is 0 Å². The number of aromatic nitrogens is 5. The highest BCUT2D eigenvalue weighted by molar-refractivity contribution is 7.26. The summed E-state index contributed by atoms with van der Waals surface area (Å²) in [5.74, 6) is 0. The molecule has 4 aromatic rings. The minimum absolute atomic E-state index is 0.850. The van der Waals surface area contributed by atoms with Crippen LogP contribution in [0.25, 0.3) is 26.1 Å². The molecule has 0 N–H and O–H groups in total. The highest BCUT2D eigenvalue weighted by Gasteiger charge is 2.16. The lowest BCUT2D eigenvalue weighted by atomic mass is 10.1. The van der Waals surface area contributed by atoms with Gasteiger partial charge in [0.25, 0.3) is 0 Å². The first-order chi connectivity index (χ1) is 9.16. The van der Waals surface area contributed by atoms with Crippen LogP contribution >= 0.6 is 11.3 Å². The van der Waals surface area contributed by atoms with Gasteiger partial charge in [0.1, 0.15) is 22.2 Å². The van der Waals surface area contributed by atoms with Crippen molar-refractivity contribution in [3.63, 3.8) is 0 Å². The molecule has 6 heteroatoms. The Hall–Kier alpha value is -2.08. The summed E-state index contributed by atoms with van der Waals surface area (Å²) in [6.45, 7) is 6.29. The Labute approximate surface area is 112 Å². The summed E-state index contributed by atoms with van der Waals surface area (Å²) >= 11 is 1.64. The molecular formula is C13H11N5S. The van der Waals surface area contributed by atoms with Gasteiger partial charge < -0.3 is 0 Å². The van der Waals surface area contributed by atoms with E-state index < -0.39 is 0 Å². The van der Waals surface area contributed by atoms with E-state index in [0.29, 0.717) is 0 Å². The molecule has 0 aliphatic carbocycles. The molecule has 0 radical (unpaired) electrons. The number of nitrogens with zero attached hydrogens (tertiary/aromatic N) is 5. The predicted octanol–water partition coefficient (Wildman–Crippen LogP) is 2.81. The van der Waals surface area contributed by atoms with Crippen LogP contribution in [-0.4, -0.2) is 24.6 Å². The minimum Gasteiger partial charge on any atom is -0.271 e. The average Bonchev–Trinajstić information content (AvgIpc) is 2.98. The molecule has 4 heterocycles. The molecule has 0 amide bonds. The largest absolute Gasteiger partial charge is 0.271 e. The van der Waals surface area contributed by atoms with E-state index in [-0.39, 0.29) is 0 Å². The van der Waals surface area contributed by atoms with Crippen LogP contribution in [0.3, 0.4) is 0 Å². The highest BCUT2D eigenvalue weighted by Crippen LogP contribution is 2.36. The Bertz CT molecular complexity index is 950. The number of thiophene rings is 1. The zero-order valence-electron chi connectivity index (χ0n) is 10.8. The molecule has 0 fully saturated rings. The van der Waals surface area contributed by atoms with Gasteiger partial charge in [-0.25, -0.2) is 9.97 Å². The lowest BCUT2D eigenvalue weighted by Gasteiger charge is -2.04. The molecule has 0 saturated carbocycles. The summed E-state index contributed by atoms with van der Waals surface area (Å²) in [7, 11) is 0. The van der Waals surface area contributed by atoms with Crippen LogP contribution in [0.5, 0.6) is 0 Å². The van der Waals surface area contributed by atoms with E-state index >= 15 is 0 Å². The molecule has 0 aromatic carbocycles. The van der Waals surface area contributed by atoms with Crippen molar-refractivity contribution in [2.45, 2.75) is 20.8 Å². The maximum Gasteiger partial charge on any atom is 0.181 e. The lowest BCUT2D eigenvalue weighted by Crippen LogP contribution is -1.92. The van der Waals surface area contributed by atoms with Crippen LogP contribution in [0.2, 0.25) is 0 Å². The second-order valence-electron chi connectivity index (χ2n) is 4.71. The fourth-order valence-electron chi connectivity index (χ4n) is 2.41. The van der Waals surface area contributed by atoms with Gasteiger partial charge in [-0.3, -0.25) is 4.40 Å². The lowest BCUT2D eigenvalue weighted by molar-refractivity contribution is 1.08. The molecule has 0 unspecified atom stereocenters. The molecule has 0 atom stereocenters. The van der Waals surface area contributed by atoms with Crippen LogP contribution in [0.15, 0.2) is 12.7 Å². The summed E-state index contributed by atoms with van der Waals surface area (Å²) in [6.07, 6.45) is 3.43. The minimum atomic E-state index is 0.850. The number of fused-ring (bicyclic) bond motifs is 5. The first-order valence-corrected chi connectivity index (χ1v) is 6.83. The Morgan fingerprint density at radius 3 is 2.79 bits per heavy atom. The molecule has 0 aliphatic rings. The number of pyridine rings is 1. The quantitative estimate of drug-likeness (QED) is 0.492. The Morgan fingerprint density at radius 1 is 1.11 bits per heavy atom. The summed E-state index contributed by atoms with van der Waals surface area (Å²) in [6, 6.07) is 0. The number of hydrogen-bond acceptors (Lipinski definition) is 5. The molecule has 19 heavy (non-hydrogen) atoms. The van der Waals surface area contributed by atoms with E-state index in [1.165, 1.54) is 11.1 Å². The van der Waals surface area contributed by atoms with E-state index in [9.17, 15) is 0 Å². The predicted molar refractivity (Wildman–Crippen MR) is 75.7 cm³/mol. The van der Waals surface area contributed by atoms with Crippen molar-refractivity contribution >= 4 is 37.4 Å². The third-order valence-corrected chi connectivity index (χ3v) is 4.77. The third kappa shape index (κ3) is 1.29. The van der Waals surface area contributed by atoms with Gasteiger partial charge in [0.05, 0.1) is 5.52 Å². The third-order valence-electron chi connectivity index (χ3n) is 3.70. The zero-order valence-corrected chi connectivity index (χ0v) is 11.6. The second kappa shape index (κ2) is 3.48. The maximum absolute atomic E-state index is 4.69. The van der Waals surface area contributed by atoms with Crippen LogP contribution in [0.1, 0.15) is 16.8 Å². The first-order valence-electron chi connectivity index (χ1n) is 6.01. The summed E-state index contributed by atoms with van der Waals surface area (Å²) < 4.78 is 2.89. The van der Waals surface area contributed by atoms with Crippen molar-refractivity contribution in [2.24, 2.45) is 0 Å². The van der Waals surface area contributed by atoms with E-state index in [0.717, 1.165) is 31.8 Å². The van der Waals surface area contributed by atoms with E-state index in [1.807, 2.05) is 11.3 Å². The smallest absolute Gasteiger partial charge is 0.181 e. The zero-order chi connectivity index (χ0) is 13.1. The normalized spacial score (nSPS) is 11.9. The molecular weight excluding hydrogens is 258 g/mol. The Morgan fingerprint density at radius 2 is 1.95 bits per heavy atom. The van der Waals surface area contributed by atoms with Crippen molar-refractivity contribution in [1.82, 2.24) is 24.6 Å². The van der Waals surface area contributed by atoms with Gasteiger partial charge in [-0.05, 0) is 31.9 Å². The fraction of sp³-hybridized carbons (Fsp3) is 0.231. The number of hydrogen-bond donors (Lipinski definition) is 0. The molecule has 0 bridgehead atoms. The molecule has 0 aliphatic heterocycles. The Balaban J connectivity index is 2.33. The fourth-order valence-corrected chi connectivity index (χ4v) is 3.62. The van der Waals surface area contributed by atoms with Crippen LogP contribution in [0, 0.1) is 20.8 Å². The summed E-state index contributed by atoms with van der Waals surface area (Å²) in [5, 5.41) is 9.26. The van der Waals surface area contributed by atoms with E-state index in [4.69, 9.17) is 0 Å². The standard InChI is InChI=1S/C13H11N5S/c1-6-7(2)9-10-11(19-13(9)16-8(6)3)12-17-15-5-18(12)4-14-10/h4-5H,1-3H3. The van der Waals surface area contributed by atoms with Crippen molar-refractivity contribution in [3.05, 3.63) is 29.5 Å². The average molecular weight is 269 g/mol. The van der Waals surface area contributed by atoms with Gasteiger partial charge >= 0.3 is 0 Å². The van der Waals surface area contributed by atoms with E-state index in [2.05, 4.69) is 34.0 Å². The van der Waals surface area contributed by atoms with Crippen molar-refractivity contribution in [1.29, 1.82) is 0 Å². The van der Waals surface area contributed by atoms with Crippen LogP contribution in [-0.2, 0) is 0 Å². The number of rotatable bonds is 0.